The molecule has 0 aromatic rings. The summed E-state index contributed by atoms with van der Waals surface area (Å²) in [6.45, 7) is 5.72. The fourth-order valence-electron chi connectivity index (χ4n) is 1.60. The average Bonchev–Trinajstić information content (AvgIpc) is 2.39. The van der Waals surface area contributed by atoms with Gasteiger partial charge < -0.3 is 24.1 Å². The Morgan fingerprint density at radius 2 is 1.89 bits per heavy atom. The lowest BCUT2D eigenvalue weighted by Crippen LogP contribution is -2.28. The molecule has 0 rings (SSSR count). The molecule has 19 heavy (non-hydrogen) atoms. The van der Waals surface area contributed by atoms with Gasteiger partial charge in [0.1, 0.15) is 6.61 Å². The summed E-state index contributed by atoms with van der Waals surface area (Å²) in [6, 6.07) is 0. The number of hydrogen-bond acceptors (Lipinski definition) is 5. The van der Waals surface area contributed by atoms with E-state index >= 15 is 0 Å². The van der Waals surface area contributed by atoms with E-state index in [1.807, 2.05) is 13.8 Å². The molecule has 2 unspecified atom stereocenters. The van der Waals surface area contributed by atoms with Gasteiger partial charge in [0.25, 0.3) is 0 Å². The Bertz CT molecular complexity index is 221. The van der Waals surface area contributed by atoms with E-state index in [1.165, 1.54) is 0 Å². The molecule has 6 nitrogen and oxygen atoms in total. The number of ether oxygens (including phenoxy) is 4. The largest absolute Gasteiger partial charge is 0.505 e. The molecule has 0 aliphatic heterocycles. The second-order valence-corrected chi connectivity index (χ2v) is 4.15. The van der Waals surface area contributed by atoms with Gasteiger partial charge in [-0.25, -0.2) is 4.79 Å². The molecular formula is C13H26O6. The van der Waals surface area contributed by atoms with Crippen molar-refractivity contribution in [3.05, 3.63) is 0 Å². The van der Waals surface area contributed by atoms with Crippen LogP contribution >= 0.6 is 0 Å². The molecule has 0 radical (unpaired) electrons. The van der Waals surface area contributed by atoms with Gasteiger partial charge in [-0.15, -0.1) is 0 Å². The van der Waals surface area contributed by atoms with Crippen LogP contribution < -0.4 is 0 Å². The molecule has 6 heteroatoms. The molecule has 0 aromatic heterocycles. The van der Waals surface area contributed by atoms with Crippen molar-refractivity contribution in [3.8, 4) is 0 Å². The van der Waals surface area contributed by atoms with Crippen LogP contribution in [0.25, 0.3) is 0 Å². The molecule has 0 amide bonds. The van der Waals surface area contributed by atoms with Crippen molar-refractivity contribution < 1.29 is 28.8 Å². The third kappa shape index (κ3) is 10.7. The summed E-state index contributed by atoms with van der Waals surface area (Å²) >= 11 is 0. The Morgan fingerprint density at radius 1 is 1.16 bits per heavy atom. The van der Waals surface area contributed by atoms with Crippen LogP contribution in [-0.2, 0) is 18.9 Å². The monoisotopic (exact) mass is 278 g/mol. The van der Waals surface area contributed by atoms with Gasteiger partial charge in [-0.1, -0.05) is 6.92 Å². The van der Waals surface area contributed by atoms with Gasteiger partial charge in [0.2, 0.25) is 0 Å². The molecule has 0 fully saturated rings. The first-order valence-corrected chi connectivity index (χ1v) is 6.71. The molecule has 0 aromatic carbocycles. The van der Waals surface area contributed by atoms with E-state index < -0.39 is 6.16 Å². The molecule has 0 spiro atoms. The van der Waals surface area contributed by atoms with Gasteiger partial charge in [-0.3, -0.25) is 0 Å². The van der Waals surface area contributed by atoms with Crippen molar-refractivity contribution in [1.29, 1.82) is 0 Å². The van der Waals surface area contributed by atoms with Crippen molar-refractivity contribution in [3.63, 3.8) is 0 Å². The Kier molecular flexibility index (Phi) is 11.7. The van der Waals surface area contributed by atoms with Crippen molar-refractivity contribution in [2.75, 3.05) is 33.5 Å². The topological polar surface area (TPSA) is 74.2 Å². The van der Waals surface area contributed by atoms with Crippen LogP contribution in [0.4, 0.5) is 4.79 Å². The van der Waals surface area contributed by atoms with Crippen LogP contribution in [0, 0.1) is 0 Å². The van der Waals surface area contributed by atoms with Crippen molar-refractivity contribution >= 4 is 6.16 Å². The van der Waals surface area contributed by atoms with Gasteiger partial charge in [0.05, 0.1) is 18.8 Å². The van der Waals surface area contributed by atoms with E-state index in [1.54, 1.807) is 7.11 Å². The average molecular weight is 278 g/mol. The summed E-state index contributed by atoms with van der Waals surface area (Å²) in [5.41, 5.74) is 0. The van der Waals surface area contributed by atoms with Crippen LogP contribution in [0.5, 0.6) is 0 Å². The summed E-state index contributed by atoms with van der Waals surface area (Å²) in [7, 11) is 1.63. The zero-order chi connectivity index (χ0) is 14.5. The predicted molar refractivity (Wildman–Crippen MR) is 70.5 cm³/mol. The summed E-state index contributed by atoms with van der Waals surface area (Å²) in [4.78, 5) is 10.4. The van der Waals surface area contributed by atoms with Gasteiger partial charge >= 0.3 is 6.16 Å². The Morgan fingerprint density at radius 3 is 2.42 bits per heavy atom. The first-order chi connectivity index (χ1) is 9.13. The number of methoxy groups -OCH3 is 1. The Hall–Kier alpha value is -0.850. The standard InChI is InChI=1S/C13H26O6/c1-4-11(17-5-2)9-18-12(7-6-8-16-3)10-19-13(14)15/h11-12H,4-10H2,1-3H3,(H,14,15). The van der Waals surface area contributed by atoms with Gasteiger partial charge in [-0.05, 0) is 26.2 Å². The van der Waals surface area contributed by atoms with E-state index in [4.69, 9.17) is 19.3 Å². The van der Waals surface area contributed by atoms with Crippen LogP contribution in [0.15, 0.2) is 0 Å². The highest BCUT2D eigenvalue weighted by Gasteiger charge is 2.15. The van der Waals surface area contributed by atoms with E-state index in [0.29, 0.717) is 26.2 Å². The zero-order valence-electron chi connectivity index (χ0n) is 12.1. The second-order valence-electron chi connectivity index (χ2n) is 4.15. The molecule has 0 aliphatic carbocycles. The molecule has 0 saturated heterocycles. The molecule has 1 N–H and O–H groups in total. The second kappa shape index (κ2) is 12.2. The lowest BCUT2D eigenvalue weighted by atomic mass is 10.2. The maximum absolute atomic E-state index is 10.4. The molecule has 0 bridgehead atoms. The third-order valence-corrected chi connectivity index (χ3v) is 2.64. The number of rotatable bonds is 12. The summed E-state index contributed by atoms with van der Waals surface area (Å²) in [6.07, 6.45) is 0.871. The minimum atomic E-state index is -1.28. The first kappa shape index (κ1) is 18.1. The fraction of sp³-hybridized carbons (Fsp3) is 0.923. The van der Waals surface area contributed by atoms with Crippen molar-refractivity contribution in [2.24, 2.45) is 0 Å². The van der Waals surface area contributed by atoms with E-state index in [-0.39, 0.29) is 18.8 Å². The van der Waals surface area contributed by atoms with Crippen LogP contribution in [0.3, 0.4) is 0 Å². The molecule has 2 atom stereocenters. The lowest BCUT2D eigenvalue weighted by Gasteiger charge is -2.21. The van der Waals surface area contributed by atoms with E-state index in [2.05, 4.69) is 4.74 Å². The van der Waals surface area contributed by atoms with Crippen molar-refractivity contribution in [1.82, 2.24) is 0 Å². The molecule has 114 valence electrons. The minimum absolute atomic E-state index is 0.0414. The highest BCUT2D eigenvalue weighted by molar-refractivity contribution is 5.56. The lowest BCUT2D eigenvalue weighted by molar-refractivity contribution is -0.0654. The van der Waals surface area contributed by atoms with Crippen molar-refractivity contribution in [2.45, 2.75) is 45.3 Å². The first-order valence-electron chi connectivity index (χ1n) is 6.71. The van der Waals surface area contributed by atoms with Crippen LogP contribution in [0.2, 0.25) is 0 Å². The minimum Gasteiger partial charge on any atom is -0.450 e. The molecule has 0 heterocycles. The zero-order valence-corrected chi connectivity index (χ0v) is 12.1. The van der Waals surface area contributed by atoms with E-state index in [0.717, 1.165) is 12.8 Å². The van der Waals surface area contributed by atoms with Crippen LogP contribution in [-0.4, -0.2) is 57.0 Å². The number of hydrogen-bond donors (Lipinski definition) is 1. The van der Waals surface area contributed by atoms with Crippen LogP contribution in [0.1, 0.15) is 33.1 Å². The molecule has 0 aliphatic rings. The summed E-state index contributed by atoms with van der Waals surface area (Å²) in [5.74, 6) is 0. The SMILES string of the molecule is CCOC(CC)COC(CCCOC)COC(=O)O. The smallest absolute Gasteiger partial charge is 0.450 e. The molecule has 0 saturated carbocycles. The number of carboxylic acid groups (broad SMARTS) is 1. The normalized spacial score (nSPS) is 14.1. The van der Waals surface area contributed by atoms with Gasteiger partial charge in [-0.2, -0.15) is 0 Å². The summed E-state index contributed by atoms with van der Waals surface area (Å²) < 4.78 is 20.7. The maximum atomic E-state index is 10.4. The fourth-order valence-corrected chi connectivity index (χ4v) is 1.60. The van der Waals surface area contributed by atoms with Gasteiger partial charge in [0.15, 0.2) is 0 Å². The predicted octanol–water partition coefficient (Wildman–Crippen LogP) is 2.31. The highest BCUT2D eigenvalue weighted by Crippen LogP contribution is 2.07. The van der Waals surface area contributed by atoms with E-state index in [9.17, 15) is 4.79 Å². The quantitative estimate of drug-likeness (QED) is 0.436. The number of carbonyl (C=O) groups is 1. The van der Waals surface area contributed by atoms with Gasteiger partial charge in [0, 0.05) is 20.3 Å². The molecular weight excluding hydrogens is 252 g/mol. The maximum Gasteiger partial charge on any atom is 0.505 e. The Labute approximate surface area is 115 Å². The highest BCUT2D eigenvalue weighted by atomic mass is 16.7. The third-order valence-electron chi connectivity index (χ3n) is 2.64. The Balaban J connectivity index is 4.03. The summed E-state index contributed by atoms with van der Waals surface area (Å²) in [5, 5.41) is 8.51.